The van der Waals surface area contributed by atoms with Crippen LogP contribution in [-0.4, -0.2) is 5.91 Å². The molecule has 7 heteroatoms. The first kappa shape index (κ1) is 28.9. The highest BCUT2D eigenvalue weighted by Crippen LogP contribution is 2.29. The van der Waals surface area contributed by atoms with E-state index >= 15 is 0 Å². The maximum atomic E-state index is 12.8. The van der Waals surface area contributed by atoms with Crippen LogP contribution in [0.2, 0.25) is 5.02 Å². The fraction of sp³-hybridized carbons (Fsp3) is 0.0857. The third kappa shape index (κ3) is 7.19. The van der Waals surface area contributed by atoms with Crippen molar-refractivity contribution < 1.29 is 14.3 Å². The van der Waals surface area contributed by atoms with Crippen LogP contribution in [0, 0.1) is 18.3 Å². The Hall–Kier alpha value is -4.57. The molecule has 0 atom stereocenters. The van der Waals surface area contributed by atoms with Crippen LogP contribution < -0.4 is 14.8 Å². The molecule has 1 N–H and O–H groups in total. The highest BCUT2D eigenvalue weighted by Gasteiger charge is 2.12. The second-order valence-electron chi connectivity index (χ2n) is 9.62. The SMILES string of the molecule is Cc1ccc2ccccc2c1COc1ccc(/C=C(\C#N)C(=O)Nc2ccc(OCc3ccc(Br)cc3)cc2)cc1Cl. The molecule has 5 aromatic carbocycles. The molecule has 5 aromatic rings. The lowest BCUT2D eigenvalue weighted by atomic mass is 10.0. The van der Waals surface area contributed by atoms with Gasteiger partial charge in [0.25, 0.3) is 5.91 Å². The molecule has 0 saturated heterocycles. The van der Waals surface area contributed by atoms with E-state index in [4.69, 9.17) is 21.1 Å². The maximum Gasteiger partial charge on any atom is 0.266 e. The highest BCUT2D eigenvalue weighted by molar-refractivity contribution is 9.10. The Balaban J connectivity index is 1.21. The molecule has 0 saturated carbocycles. The molecule has 0 fully saturated rings. The number of benzene rings is 5. The van der Waals surface area contributed by atoms with Gasteiger partial charge in [-0.3, -0.25) is 4.79 Å². The number of ether oxygens (including phenoxy) is 2. The van der Waals surface area contributed by atoms with Crippen molar-refractivity contribution in [3.8, 4) is 17.6 Å². The van der Waals surface area contributed by atoms with E-state index in [0.717, 1.165) is 31.9 Å². The van der Waals surface area contributed by atoms with Crippen LogP contribution >= 0.6 is 27.5 Å². The summed E-state index contributed by atoms with van der Waals surface area (Å²) in [6.45, 7) is 2.85. The lowest BCUT2D eigenvalue weighted by Gasteiger charge is -2.13. The molecule has 0 heterocycles. The van der Waals surface area contributed by atoms with Gasteiger partial charge in [0.1, 0.15) is 36.4 Å². The zero-order valence-electron chi connectivity index (χ0n) is 22.7. The monoisotopic (exact) mass is 636 g/mol. The van der Waals surface area contributed by atoms with Crippen molar-refractivity contribution in [3.05, 3.63) is 140 Å². The molecule has 0 spiro atoms. The zero-order valence-corrected chi connectivity index (χ0v) is 25.1. The second kappa shape index (κ2) is 13.4. The van der Waals surface area contributed by atoms with Crippen LogP contribution in [0.1, 0.15) is 22.3 Å². The number of rotatable bonds is 9. The largest absolute Gasteiger partial charge is 0.489 e. The van der Waals surface area contributed by atoms with Gasteiger partial charge in [0, 0.05) is 15.7 Å². The van der Waals surface area contributed by atoms with Crippen molar-refractivity contribution in [1.29, 1.82) is 5.26 Å². The van der Waals surface area contributed by atoms with Gasteiger partial charge in [-0.2, -0.15) is 5.26 Å². The van der Waals surface area contributed by atoms with E-state index in [1.54, 1.807) is 42.5 Å². The number of halogens is 2. The number of anilines is 1. The summed E-state index contributed by atoms with van der Waals surface area (Å²) in [5, 5.41) is 15.1. The average molecular weight is 638 g/mol. The van der Waals surface area contributed by atoms with Gasteiger partial charge in [-0.05, 0) is 89.0 Å². The number of carbonyl (C=O) groups is 1. The van der Waals surface area contributed by atoms with Gasteiger partial charge in [0.05, 0.1) is 5.02 Å². The van der Waals surface area contributed by atoms with Crippen molar-refractivity contribution >= 4 is 56.0 Å². The maximum absolute atomic E-state index is 12.8. The molecular formula is C35H26BrClN2O3. The summed E-state index contributed by atoms with van der Waals surface area (Å²) in [7, 11) is 0. The van der Waals surface area contributed by atoms with Gasteiger partial charge in [-0.15, -0.1) is 0 Å². The van der Waals surface area contributed by atoms with E-state index in [1.807, 2.05) is 42.5 Å². The smallest absolute Gasteiger partial charge is 0.266 e. The van der Waals surface area contributed by atoms with E-state index in [2.05, 4.69) is 52.4 Å². The molecule has 0 aliphatic heterocycles. The Morgan fingerprint density at radius 2 is 1.69 bits per heavy atom. The first-order valence-corrected chi connectivity index (χ1v) is 14.4. The lowest BCUT2D eigenvalue weighted by Crippen LogP contribution is -2.13. The van der Waals surface area contributed by atoms with Crippen molar-refractivity contribution in [2.45, 2.75) is 20.1 Å². The van der Waals surface area contributed by atoms with Gasteiger partial charge in [-0.25, -0.2) is 0 Å². The molecule has 0 unspecified atom stereocenters. The normalized spacial score (nSPS) is 11.1. The van der Waals surface area contributed by atoms with Gasteiger partial charge < -0.3 is 14.8 Å². The van der Waals surface area contributed by atoms with Crippen LogP contribution in [0.5, 0.6) is 11.5 Å². The van der Waals surface area contributed by atoms with Crippen molar-refractivity contribution in [2.24, 2.45) is 0 Å². The third-order valence-corrected chi connectivity index (χ3v) is 7.53. The third-order valence-electron chi connectivity index (χ3n) is 6.71. The summed E-state index contributed by atoms with van der Waals surface area (Å²) in [4.78, 5) is 12.8. The van der Waals surface area contributed by atoms with Gasteiger partial charge in [-0.1, -0.05) is 82.1 Å². The molecule has 5 rings (SSSR count). The Kier molecular flexibility index (Phi) is 9.23. The van der Waals surface area contributed by atoms with Crippen molar-refractivity contribution in [2.75, 3.05) is 5.32 Å². The summed E-state index contributed by atoms with van der Waals surface area (Å²) >= 11 is 9.94. The predicted octanol–water partition coefficient (Wildman–Crippen LogP) is 9.27. The van der Waals surface area contributed by atoms with Gasteiger partial charge in [0.2, 0.25) is 0 Å². The number of nitrogens with one attached hydrogen (secondary N) is 1. The first-order valence-electron chi connectivity index (χ1n) is 13.2. The van der Waals surface area contributed by atoms with Crippen LogP contribution in [-0.2, 0) is 18.0 Å². The van der Waals surface area contributed by atoms with E-state index < -0.39 is 5.91 Å². The molecule has 1 amide bonds. The van der Waals surface area contributed by atoms with E-state index in [0.29, 0.717) is 41.0 Å². The molecular weight excluding hydrogens is 612 g/mol. The summed E-state index contributed by atoms with van der Waals surface area (Å²) in [5.74, 6) is 0.662. The van der Waals surface area contributed by atoms with Gasteiger partial charge >= 0.3 is 0 Å². The molecule has 0 aromatic heterocycles. The fourth-order valence-electron chi connectivity index (χ4n) is 4.41. The predicted molar refractivity (Wildman–Crippen MR) is 172 cm³/mol. The molecule has 0 aliphatic carbocycles. The molecule has 42 heavy (non-hydrogen) atoms. The Bertz CT molecular complexity index is 1810. The first-order chi connectivity index (χ1) is 20.4. The fourth-order valence-corrected chi connectivity index (χ4v) is 4.91. The number of aryl methyl sites for hydroxylation is 1. The summed E-state index contributed by atoms with van der Waals surface area (Å²) in [6.07, 6.45) is 1.50. The van der Waals surface area contributed by atoms with Crippen molar-refractivity contribution in [3.63, 3.8) is 0 Å². The summed E-state index contributed by atoms with van der Waals surface area (Å²) in [6, 6.07) is 34.4. The number of nitrogens with zero attached hydrogens (tertiary/aromatic N) is 1. The minimum atomic E-state index is -0.524. The van der Waals surface area contributed by atoms with Crippen LogP contribution in [0.4, 0.5) is 5.69 Å². The Labute approximate surface area is 258 Å². The quantitative estimate of drug-likeness (QED) is 0.129. The number of hydrogen-bond donors (Lipinski definition) is 1. The number of nitriles is 1. The van der Waals surface area contributed by atoms with Crippen LogP contribution in [0.15, 0.2) is 113 Å². The van der Waals surface area contributed by atoms with E-state index in [1.165, 1.54) is 6.08 Å². The zero-order chi connectivity index (χ0) is 29.5. The molecule has 0 aliphatic rings. The molecule has 0 bridgehead atoms. The minimum Gasteiger partial charge on any atom is -0.489 e. The average Bonchev–Trinajstić information content (AvgIpc) is 3.00. The topological polar surface area (TPSA) is 71.3 Å². The second-order valence-corrected chi connectivity index (χ2v) is 10.9. The number of fused-ring (bicyclic) bond motifs is 1. The molecule has 5 nitrogen and oxygen atoms in total. The number of amides is 1. The minimum absolute atomic E-state index is 0.0540. The Morgan fingerprint density at radius 3 is 2.43 bits per heavy atom. The molecule has 208 valence electrons. The number of carbonyl (C=O) groups excluding carboxylic acids is 1. The van der Waals surface area contributed by atoms with Crippen LogP contribution in [0.3, 0.4) is 0 Å². The summed E-state index contributed by atoms with van der Waals surface area (Å²) in [5.41, 5.74) is 4.37. The lowest BCUT2D eigenvalue weighted by molar-refractivity contribution is -0.112. The highest BCUT2D eigenvalue weighted by atomic mass is 79.9. The number of hydrogen-bond acceptors (Lipinski definition) is 4. The molecule has 0 radical (unpaired) electrons. The van der Waals surface area contributed by atoms with E-state index in [9.17, 15) is 10.1 Å². The van der Waals surface area contributed by atoms with Crippen molar-refractivity contribution in [1.82, 2.24) is 0 Å². The Morgan fingerprint density at radius 1 is 0.929 bits per heavy atom. The van der Waals surface area contributed by atoms with E-state index in [-0.39, 0.29) is 5.57 Å². The van der Waals surface area contributed by atoms with Crippen LogP contribution in [0.25, 0.3) is 16.8 Å². The standard InChI is InChI=1S/C35H26BrClN2O3/c1-23-6-10-26-4-2-3-5-31(26)32(23)22-42-34-17-9-25(19-33(34)37)18-27(20-38)35(40)39-29-13-15-30(16-14-29)41-21-24-7-11-28(36)12-8-24/h2-19H,21-22H2,1H3,(H,39,40)/b27-18+. The summed E-state index contributed by atoms with van der Waals surface area (Å²) < 4.78 is 12.9. The van der Waals surface area contributed by atoms with Gasteiger partial charge in [0.15, 0.2) is 0 Å².